The zero-order chi connectivity index (χ0) is 25.4. The molecule has 4 aromatic rings. The third-order valence-electron chi connectivity index (χ3n) is 7.52. The predicted octanol–water partition coefficient (Wildman–Crippen LogP) is 3.31. The molecule has 4 atom stereocenters. The van der Waals surface area contributed by atoms with Gasteiger partial charge in [0.25, 0.3) is 5.56 Å². The van der Waals surface area contributed by atoms with E-state index < -0.39 is 12.1 Å². The van der Waals surface area contributed by atoms with Crippen LogP contribution in [0.2, 0.25) is 0 Å². The molecule has 6 rings (SSSR count). The van der Waals surface area contributed by atoms with E-state index in [2.05, 4.69) is 20.6 Å². The average molecular weight is 496 g/mol. The van der Waals surface area contributed by atoms with Gasteiger partial charge in [-0.15, -0.1) is 0 Å². The van der Waals surface area contributed by atoms with E-state index in [-0.39, 0.29) is 23.6 Å². The normalized spacial score (nSPS) is 21.6. The average Bonchev–Trinajstić information content (AvgIpc) is 3.58. The van der Waals surface area contributed by atoms with Crippen molar-refractivity contribution in [2.75, 3.05) is 5.32 Å². The number of nitrogens with zero attached hydrogens (tertiary/aromatic N) is 3. The number of aliphatic hydroxyl groups is 1. The molecule has 2 aromatic carbocycles. The molecule has 0 saturated carbocycles. The van der Waals surface area contributed by atoms with Crippen molar-refractivity contribution in [1.82, 2.24) is 19.9 Å². The van der Waals surface area contributed by atoms with Crippen LogP contribution >= 0.6 is 0 Å². The standard InChI is InChI=1S/C29H29N5O3/c35-27(19-4-3-15-30-17-19)24-12-11-21(31-24)16-18-7-9-20(10-8-18)32-28(36)25-13-14-26-33-23-6-2-1-5-22(23)29(37)34(25)26/h1-10,15,17,21,24-25,27,31,35H,11-14,16H2,(H,32,36)/t21-,24+,25-,27+/m0/s1. The van der Waals surface area contributed by atoms with Crippen LogP contribution < -0.4 is 16.2 Å². The summed E-state index contributed by atoms with van der Waals surface area (Å²) in [5.41, 5.74) is 3.20. The number of anilines is 1. The molecular formula is C29H29N5O3. The van der Waals surface area contributed by atoms with Gasteiger partial charge in [0, 0.05) is 42.1 Å². The first-order valence-corrected chi connectivity index (χ1v) is 12.8. The van der Waals surface area contributed by atoms with Crippen LogP contribution in [0.4, 0.5) is 5.69 Å². The molecule has 0 spiro atoms. The third kappa shape index (κ3) is 4.65. The number of aryl methyl sites for hydroxylation is 1. The van der Waals surface area contributed by atoms with Crippen molar-refractivity contribution in [3.63, 3.8) is 0 Å². The Kier molecular flexibility index (Phi) is 6.28. The molecule has 2 aromatic heterocycles. The van der Waals surface area contributed by atoms with Crippen LogP contribution in [0.1, 0.15) is 48.4 Å². The number of pyridine rings is 1. The molecule has 2 aliphatic rings. The quantitative estimate of drug-likeness (QED) is 0.379. The van der Waals surface area contributed by atoms with Crippen molar-refractivity contribution in [3.8, 4) is 0 Å². The molecule has 4 heterocycles. The van der Waals surface area contributed by atoms with E-state index in [1.165, 1.54) is 0 Å². The van der Waals surface area contributed by atoms with Crippen molar-refractivity contribution in [2.45, 2.75) is 56.3 Å². The van der Waals surface area contributed by atoms with E-state index in [1.54, 1.807) is 23.0 Å². The lowest BCUT2D eigenvalue weighted by molar-refractivity contribution is -0.119. The number of rotatable bonds is 6. The number of hydrogen-bond acceptors (Lipinski definition) is 6. The lowest BCUT2D eigenvalue weighted by Gasteiger charge is -2.20. The van der Waals surface area contributed by atoms with Gasteiger partial charge in [0.1, 0.15) is 11.9 Å². The third-order valence-corrected chi connectivity index (χ3v) is 7.52. The summed E-state index contributed by atoms with van der Waals surface area (Å²) in [6.45, 7) is 0. The van der Waals surface area contributed by atoms with Gasteiger partial charge in [-0.2, -0.15) is 0 Å². The second-order valence-corrected chi connectivity index (χ2v) is 9.94. The van der Waals surface area contributed by atoms with Gasteiger partial charge in [-0.1, -0.05) is 30.3 Å². The zero-order valence-electron chi connectivity index (χ0n) is 20.4. The maximum Gasteiger partial charge on any atom is 0.262 e. The molecule has 8 nitrogen and oxygen atoms in total. The van der Waals surface area contributed by atoms with Crippen LogP contribution in [0, 0.1) is 0 Å². The Morgan fingerprint density at radius 3 is 2.73 bits per heavy atom. The fourth-order valence-electron chi connectivity index (χ4n) is 5.61. The first-order chi connectivity index (χ1) is 18.1. The number of carbonyl (C=O) groups is 1. The number of carbonyl (C=O) groups excluding carboxylic acids is 1. The first-order valence-electron chi connectivity index (χ1n) is 12.8. The Balaban J connectivity index is 1.08. The van der Waals surface area contributed by atoms with Gasteiger partial charge in [0.2, 0.25) is 5.91 Å². The second-order valence-electron chi connectivity index (χ2n) is 9.94. The number of aliphatic hydroxyl groups excluding tert-OH is 1. The summed E-state index contributed by atoms with van der Waals surface area (Å²) in [5.74, 6) is 0.464. The summed E-state index contributed by atoms with van der Waals surface area (Å²) in [6.07, 6.45) is 6.74. The Labute approximate surface area is 214 Å². The highest BCUT2D eigenvalue weighted by Gasteiger charge is 2.32. The number of para-hydroxylation sites is 1. The molecule has 37 heavy (non-hydrogen) atoms. The first kappa shape index (κ1) is 23.5. The summed E-state index contributed by atoms with van der Waals surface area (Å²) in [5, 5.41) is 17.8. The highest BCUT2D eigenvalue weighted by molar-refractivity contribution is 5.94. The largest absolute Gasteiger partial charge is 0.387 e. The van der Waals surface area contributed by atoms with Gasteiger partial charge in [-0.3, -0.25) is 19.1 Å². The van der Waals surface area contributed by atoms with Gasteiger partial charge in [0.05, 0.1) is 17.0 Å². The second kappa shape index (κ2) is 9.88. The summed E-state index contributed by atoms with van der Waals surface area (Å²) >= 11 is 0. The van der Waals surface area contributed by atoms with Crippen LogP contribution in [0.25, 0.3) is 10.9 Å². The summed E-state index contributed by atoms with van der Waals surface area (Å²) < 4.78 is 1.55. The summed E-state index contributed by atoms with van der Waals surface area (Å²) in [4.78, 5) is 34.9. The summed E-state index contributed by atoms with van der Waals surface area (Å²) in [7, 11) is 0. The van der Waals surface area contributed by atoms with Crippen molar-refractivity contribution < 1.29 is 9.90 Å². The highest BCUT2D eigenvalue weighted by Crippen LogP contribution is 2.28. The molecule has 1 saturated heterocycles. The maximum absolute atomic E-state index is 13.1. The van der Waals surface area contributed by atoms with Crippen LogP contribution in [0.3, 0.4) is 0 Å². The molecule has 0 aliphatic carbocycles. The fraction of sp³-hybridized carbons (Fsp3) is 0.310. The van der Waals surface area contributed by atoms with E-state index >= 15 is 0 Å². The SMILES string of the molecule is O=C(Nc1ccc(C[C@@H]2CC[C@H]([C@H](O)c3cccnc3)N2)cc1)[C@@H]1CCc2nc3ccccc3c(=O)n21. The van der Waals surface area contributed by atoms with Crippen molar-refractivity contribution in [2.24, 2.45) is 0 Å². The van der Waals surface area contributed by atoms with Gasteiger partial charge in [-0.25, -0.2) is 4.98 Å². The van der Waals surface area contributed by atoms with Crippen LogP contribution in [0.15, 0.2) is 77.9 Å². The molecule has 2 aliphatic heterocycles. The molecule has 8 heteroatoms. The van der Waals surface area contributed by atoms with Crippen LogP contribution in [0.5, 0.6) is 0 Å². The van der Waals surface area contributed by atoms with Crippen molar-refractivity contribution >= 4 is 22.5 Å². The lowest BCUT2D eigenvalue weighted by Crippen LogP contribution is -2.35. The van der Waals surface area contributed by atoms with Gasteiger partial charge < -0.3 is 15.7 Å². The molecule has 0 bridgehead atoms. The molecule has 0 radical (unpaired) electrons. The molecule has 188 valence electrons. The smallest absolute Gasteiger partial charge is 0.262 e. The minimum absolute atomic E-state index is 0.0112. The predicted molar refractivity (Wildman–Crippen MR) is 141 cm³/mol. The van der Waals surface area contributed by atoms with E-state index in [0.29, 0.717) is 35.3 Å². The topological polar surface area (TPSA) is 109 Å². The van der Waals surface area contributed by atoms with E-state index in [0.717, 1.165) is 30.4 Å². The molecular weight excluding hydrogens is 466 g/mol. The van der Waals surface area contributed by atoms with E-state index in [4.69, 9.17) is 0 Å². The van der Waals surface area contributed by atoms with Crippen molar-refractivity contribution in [1.29, 1.82) is 0 Å². The molecule has 1 amide bonds. The van der Waals surface area contributed by atoms with Gasteiger partial charge in [-0.05, 0) is 61.6 Å². The Bertz CT molecular complexity index is 1490. The molecule has 0 unspecified atom stereocenters. The lowest BCUT2D eigenvalue weighted by atomic mass is 10.0. The van der Waals surface area contributed by atoms with Crippen LogP contribution in [-0.4, -0.2) is 37.6 Å². The fourth-order valence-corrected chi connectivity index (χ4v) is 5.61. The highest BCUT2D eigenvalue weighted by atomic mass is 16.3. The Hall–Kier alpha value is -3.88. The number of fused-ring (bicyclic) bond motifs is 2. The number of benzene rings is 2. The van der Waals surface area contributed by atoms with E-state index in [9.17, 15) is 14.7 Å². The number of amides is 1. The Morgan fingerprint density at radius 1 is 1.08 bits per heavy atom. The maximum atomic E-state index is 13.1. The van der Waals surface area contributed by atoms with Gasteiger partial charge in [0.15, 0.2) is 0 Å². The Morgan fingerprint density at radius 2 is 1.92 bits per heavy atom. The monoisotopic (exact) mass is 495 g/mol. The summed E-state index contributed by atoms with van der Waals surface area (Å²) in [6, 6.07) is 18.6. The minimum Gasteiger partial charge on any atom is -0.387 e. The minimum atomic E-state index is -0.572. The van der Waals surface area contributed by atoms with Crippen LogP contribution in [-0.2, 0) is 17.6 Å². The number of aromatic nitrogens is 3. The van der Waals surface area contributed by atoms with Crippen molar-refractivity contribution in [3.05, 3.63) is 100 Å². The zero-order valence-corrected chi connectivity index (χ0v) is 20.4. The van der Waals surface area contributed by atoms with Gasteiger partial charge >= 0.3 is 0 Å². The number of nitrogens with one attached hydrogen (secondary N) is 2. The molecule has 3 N–H and O–H groups in total. The van der Waals surface area contributed by atoms with E-state index in [1.807, 2.05) is 54.6 Å². The molecule has 1 fully saturated rings. The number of hydrogen-bond donors (Lipinski definition) is 3.